The van der Waals surface area contributed by atoms with Gasteiger partial charge in [0.1, 0.15) is 0 Å². The van der Waals surface area contributed by atoms with E-state index in [0.717, 1.165) is 35.3 Å². The van der Waals surface area contributed by atoms with E-state index in [-0.39, 0.29) is 11.9 Å². The van der Waals surface area contributed by atoms with E-state index in [1.54, 1.807) is 0 Å². The number of hydrogen-bond donors (Lipinski definition) is 2. The van der Waals surface area contributed by atoms with Gasteiger partial charge in [0.2, 0.25) is 5.91 Å². The topological polar surface area (TPSA) is 50.4 Å². The lowest BCUT2D eigenvalue weighted by atomic mass is 10.1. The highest BCUT2D eigenvalue weighted by atomic mass is 127. The summed E-state index contributed by atoms with van der Waals surface area (Å²) in [4.78, 5) is 11.8. The smallest absolute Gasteiger partial charge is 0.239 e. The SMILES string of the molecule is O=C(CNc1cccc(I)c1)NC1CCOCC1. The molecule has 1 aromatic carbocycles. The molecule has 0 aromatic heterocycles. The quantitative estimate of drug-likeness (QED) is 0.808. The molecule has 1 saturated heterocycles. The zero-order valence-electron chi connectivity index (χ0n) is 10.1. The van der Waals surface area contributed by atoms with E-state index in [1.807, 2.05) is 24.3 Å². The van der Waals surface area contributed by atoms with Gasteiger partial charge in [-0.3, -0.25) is 4.79 Å². The largest absolute Gasteiger partial charge is 0.381 e. The maximum atomic E-state index is 11.8. The molecule has 2 N–H and O–H groups in total. The standard InChI is InChI=1S/C13H17IN2O2/c14-10-2-1-3-12(8-10)15-9-13(17)16-11-4-6-18-7-5-11/h1-3,8,11,15H,4-7,9H2,(H,16,17). The Morgan fingerprint density at radius 3 is 2.89 bits per heavy atom. The average molecular weight is 360 g/mol. The molecular formula is C13H17IN2O2. The van der Waals surface area contributed by atoms with Gasteiger partial charge in [-0.05, 0) is 53.6 Å². The van der Waals surface area contributed by atoms with E-state index in [4.69, 9.17) is 4.74 Å². The molecule has 5 heteroatoms. The molecule has 0 spiro atoms. The average Bonchev–Trinajstić information content (AvgIpc) is 2.38. The number of amides is 1. The van der Waals surface area contributed by atoms with Crippen LogP contribution in [0.5, 0.6) is 0 Å². The van der Waals surface area contributed by atoms with E-state index < -0.39 is 0 Å². The second-order valence-electron chi connectivity index (χ2n) is 4.32. The van der Waals surface area contributed by atoms with E-state index in [9.17, 15) is 4.79 Å². The van der Waals surface area contributed by atoms with Crippen LogP contribution < -0.4 is 10.6 Å². The number of benzene rings is 1. The van der Waals surface area contributed by atoms with Crippen molar-refractivity contribution in [2.75, 3.05) is 25.1 Å². The first kappa shape index (κ1) is 13.6. The van der Waals surface area contributed by atoms with Crippen molar-refractivity contribution < 1.29 is 9.53 Å². The Bertz CT molecular complexity index is 406. The molecule has 4 nitrogen and oxygen atoms in total. The molecular weight excluding hydrogens is 343 g/mol. The maximum Gasteiger partial charge on any atom is 0.239 e. The Kier molecular flexibility index (Phi) is 5.25. The Morgan fingerprint density at radius 2 is 2.17 bits per heavy atom. The molecule has 98 valence electrons. The zero-order chi connectivity index (χ0) is 12.8. The van der Waals surface area contributed by atoms with Crippen LogP contribution in [-0.4, -0.2) is 31.7 Å². The van der Waals surface area contributed by atoms with Crippen molar-refractivity contribution in [3.63, 3.8) is 0 Å². The molecule has 18 heavy (non-hydrogen) atoms. The number of anilines is 1. The van der Waals surface area contributed by atoms with Crippen molar-refractivity contribution in [2.24, 2.45) is 0 Å². The summed E-state index contributed by atoms with van der Waals surface area (Å²) in [6.45, 7) is 1.81. The highest BCUT2D eigenvalue weighted by Gasteiger charge is 2.15. The van der Waals surface area contributed by atoms with Crippen LogP contribution in [0.2, 0.25) is 0 Å². The van der Waals surface area contributed by atoms with Crippen LogP contribution in [0, 0.1) is 3.57 Å². The highest BCUT2D eigenvalue weighted by Crippen LogP contribution is 2.12. The molecule has 0 bridgehead atoms. The monoisotopic (exact) mass is 360 g/mol. The van der Waals surface area contributed by atoms with Gasteiger partial charge in [0.15, 0.2) is 0 Å². The molecule has 1 fully saturated rings. The van der Waals surface area contributed by atoms with Gasteiger partial charge in [0.05, 0.1) is 6.54 Å². The van der Waals surface area contributed by atoms with Crippen molar-refractivity contribution in [1.82, 2.24) is 5.32 Å². The molecule has 1 heterocycles. The van der Waals surface area contributed by atoms with Gasteiger partial charge in [-0.15, -0.1) is 0 Å². The van der Waals surface area contributed by atoms with Crippen LogP contribution in [0.3, 0.4) is 0 Å². The van der Waals surface area contributed by atoms with Gasteiger partial charge in [-0.25, -0.2) is 0 Å². The summed E-state index contributed by atoms with van der Waals surface area (Å²) in [6, 6.07) is 8.24. The van der Waals surface area contributed by atoms with Crippen molar-refractivity contribution in [2.45, 2.75) is 18.9 Å². The number of rotatable bonds is 4. The first-order valence-electron chi connectivity index (χ1n) is 6.10. The molecule has 2 rings (SSSR count). The second kappa shape index (κ2) is 6.94. The van der Waals surface area contributed by atoms with Gasteiger partial charge >= 0.3 is 0 Å². The number of halogens is 1. The summed E-state index contributed by atoms with van der Waals surface area (Å²) < 4.78 is 6.41. The Balaban J connectivity index is 1.74. The lowest BCUT2D eigenvalue weighted by Crippen LogP contribution is -2.41. The number of hydrogen-bond acceptors (Lipinski definition) is 3. The Hall–Kier alpha value is -0.820. The minimum absolute atomic E-state index is 0.0424. The van der Waals surface area contributed by atoms with E-state index >= 15 is 0 Å². The number of carbonyl (C=O) groups excluding carboxylic acids is 1. The molecule has 1 amide bonds. The maximum absolute atomic E-state index is 11.8. The van der Waals surface area contributed by atoms with Crippen LogP contribution in [-0.2, 0) is 9.53 Å². The minimum Gasteiger partial charge on any atom is -0.381 e. The van der Waals surface area contributed by atoms with Gasteiger partial charge in [0, 0.05) is 28.5 Å². The molecule has 1 aromatic rings. The van der Waals surface area contributed by atoms with Crippen molar-refractivity contribution in [3.8, 4) is 0 Å². The zero-order valence-corrected chi connectivity index (χ0v) is 12.3. The first-order chi connectivity index (χ1) is 8.74. The summed E-state index contributed by atoms with van der Waals surface area (Å²) in [6.07, 6.45) is 1.82. The van der Waals surface area contributed by atoms with Crippen LogP contribution in [0.15, 0.2) is 24.3 Å². The Morgan fingerprint density at radius 1 is 1.39 bits per heavy atom. The number of nitrogens with one attached hydrogen (secondary N) is 2. The van der Waals surface area contributed by atoms with E-state index in [2.05, 4.69) is 33.2 Å². The van der Waals surface area contributed by atoms with Gasteiger partial charge in [-0.2, -0.15) is 0 Å². The van der Waals surface area contributed by atoms with Crippen LogP contribution in [0.25, 0.3) is 0 Å². The predicted octanol–water partition coefficient (Wildman–Crippen LogP) is 2.00. The Labute approximate surface area is 121 Å². The van der Waals surface area contributed by atoms with Crippen molar-refractivity contribution >= 4 is 34.2 Å². The lowest BCUT2D eigenvalue weighted by Gasteiger charge is -2.23. The summed E-state index contributed by atoms with van der Waals surface area (Å²) in [5.74, 6) is 0.0424. The molecule has 0 saturated carbocycles. The van der Waals surface area contributed by atoms with Crippen molar-refractivity contribution in [3.05, 3.63) is 27.8 Å². The fourth-order valence-electron chi connectivity index (χ4n) is 1.90. The lowest BCUT2D eigenvalue weighted by molar-refractivity contribution is -0.120. The van der Waals surface area contributed by atoms with Crippen LogP contribution >= 0.6 is 22.6 Å². The third-order valence-electron chi connectivity index (χ3n) is 2.86. The van der Waals surface area contributed by atoms with Crippen LogP contribution in [0.1, 0.15) is 12.8 Å². The van der Waals surface area contributed by atoms with E-state index in [0.29, 0.717) is 6.54 Å². The fourth-order valence-corrected chi connectivity index (χ4v) is 2.44. The third-order valence-corrected chi connectivity index (χ3v) is 3.54. The third kappa shape index (κ3) is 4.45. The molecule has 0 aliphatic carbocycles. The predicted molar refractivity (Wildman–Crippen MR) is 79.6 cm³/mol. The molecule has 1 aliphatic heterocycles. The molecule has 1 aliphatic rings. The normalized spacial score (nSPS) is 16.3. The number of ether oxygens (including phenoxy) is 1. The summed E-state index contributed by atoms with van der Waals surface area (Å²) in [7, 11) is 0. The molecule has 0 atom stereocenters. The highest BCUT2D eigenvalue weighted by molar-refractivity contribution is 14.1. The van der Waals surface area contributed by atoms with Gasteiger partial charge < -0.3 is 15.4 Å². The summed E-state index contributed by atoms with van der Waals surface area (Å²) in [5.41, 5.74) is 0.976. The minimum atomic E-state index is 0.0424. The van der Waals surface area contributed by atoms with Gasteiger partial charge in [-0.1, -0.05) is 6.07 Å². The second-order valence-corrected chi connectivity index (χ2v) is 5.56. The fraction of sp³-hybridized carbons (Fsp3) is 0.462. The molecule has 0 radical (unpaired) electrons. The van der Waals surface area contributed by atoms with Crippen molar-refractivity contribution in [1.29, 1.82) is 0 Å². The molecule has 0 unspecified atom stereocenters. The summed E-state index contributed by atoms with van der Waals surface area (Å²) >= 11 is 2.25. The van der Waals surface area contributed by atoms with Gasteiger partial charge in [0.25, 0.3) is 0 Å². The van der Waals surface area contributed by atoms with Crippen LogP contribution in [0.4, 0.5) is 5.69 Å². The summed E-state index contributed by atoms with van der Waals surface area (Å²) in [5, 5.41) is 6.15. The number of carbonyl (C=O) groups is 1. The van der Waals surface area contributed by atoms with E-state index in [1.165, 1.54) is 0 Å². The first-order valence-corrected chi connectivity index (χ1v) is 7.18.